The number of likely N-dealkylation sites (N-methyl/N-ethyl adjacent to an activating group) is 3. The van der Waals surface area contributed by atoms with Gasteiger partial charge < -0.3 is 125 Å². The summed E-state index contributed by atoms with van der Waals surface area (Å²) < 4.78 is 0. The van der Waals surface area contributed by atoms with Crippen molar-refractivity contribution in [2.45, 2.75) is 236 Å². The lowest BCUT2D eigenvalue weighted by Gasteiger charge is -2.36. The fourth-order valence-corrected chi connectivity index (χ4v) is 18.0. The number of hydrogen-bond acceptors (Lipinski definition) is 24. The molecule has 0 saturated carbocycles. The Balaban J connectivity index is 1.16. The number of aromatic amines is 2. The maximum absolute atomic E-state index is 15.6. The van der Waals surface area contributed by atoms with Crippen LogP contribution in [-0.4, -0.2) is 350 Å². The Labute approximate surface area is 801 Å². The van der Waals surface area contributed by atoms with Gasteiger partial charge in [-0.2, -0.15) is 0 Å². The maximum atomic E-state index is 15.6. The molecule has 17 amide bonds. The molecular formula is C94H139N21O21S. The van der Waals surface area contributed by atoms with Crippen LogP contribution in [-0.2, 0) is 101 Å². The number of aliphatic hydroxyl groups excluding tert-OH is 3. The number of primary amides is 1. The highest BCUT2D eigenvalue weighted by Gasteiger charge is 2.46. The number of thioether (sulfide) groups is 1. The second kappa shape index (κ2) is 54.0. The summed E-state index contributed by atoms with van der Waals surface area (Å²) in [4.78, 5) is 264. The van der Waals surface area contributed by atoms with Gasteiger partial charge in [0.05, 0.1) is 44.6 Å². The number of phenols is 1. The Morgan fingerprint density at radius 2 is 1.08 bits per heavy atom. The van der Waals surface area contributed by atoms with Crippen molar-refractivity contribution in [1.82, 2.24) is 97.9 Å². The van der Waals surface area contributed by atoms with Gasteiger partial charge in [0.25, 0.3) is 0 Å². The fraction of sp³-hybridized carbons (Fsp3) is 0.585. The van der Waals surface area contributed by atoms with Gasteiger partial charge in [0.15, 0.2) is 0 Å². The first-order valence-electron chi connectivity index (χ1n) is 47.0. The van der Waals surface area contributed by atoms with Gasteiger partial charge in [0.1, 0.15) is 84.3 Å². The Kier molecular flexibility index (Phi) is 43.3. The molecule has 5 aromatic rings. The van der Waals surface area contributed by atoms with Crippen LogP contribution in [0.25, 0.3) is 21.8 Å². The lowest BCUT2D eigenvalue weighted by atomic mass is 9.99. The molecule has 752 valence electrons. The van der Waals surface area contributed by atoms with E-state index in [0.717, 1.165) is 26.5 Å². The predicted octanol–water partition coefficient (Wildman–Crippen LogP) is -2.21. The lowest BCUT2D eigenvalue weighted by molar-refractivity contribution is -0.149. The number of phenolic OH excluding ortho intramolecular Hbond substituents is 1. The van der Waals surface area contributed by atoms with Crippen LogP contribution in [0.15, 0.2) is 85.2 Å². The summed E-state index contributed by atoms with van der Waals surface area (Å²) >= 11 is 0.807. The minimum atomic E-state index is -1.77. The molecule has 0 spiro atoms. The minimum absolute atomic E-state index is 0.00623. The Bertz CT molecular complexity index is 4990. The molecule has 42 nitrogen and oxygen atoms in total. The third kappa shape index (κ3) is 32.1. The molecule has 5 heterocycles. The summed E-state index contributed by atoms with van der Waals surface area (Å²) in [7, 11) is 4.02. The number of aromatic nitrogens is 2. The Morgan fingerprint density at radius 3 is 1.69 bits per heavy atom. The van der Waals surface area contributed by atoms with Gasteiger partial charge in [-0.25, -0.2) is 0 Å². The summed E-state index contributed by atoms with van der Waals surface area (Å²) in [6, 6.07) is 0.677. The topological polar surface area (TPSA) is 606 Å². The van der Waals surface area contributed by atoms with E-state index in [0.29, 0.717) is 77.1 Å². The number of carbonyl (C=O) groups excluding carboxylic acids is 17. The highest BCUT2D eigenvalue weighted by atomic mass is 32.2. The number of nitrogens with zero attached hydrogens (tertiary/aromatic N) is 6. The van der Waals surface area contributed by atoms with Crippen LogP contribution in [0, 0.1) is 11.8 Å². The average Bonchev–Trinajstić information content (AvgIpc) is 1.49. The van der Waals surface area contributed by atoms with Gasteiger partial charge in [0, 0.05) is 126 Å². The molecule has 137 heavy (non-hydrogen) atoms. The number of nitrogens with two attached hydrogens (primary N) is 2. The van der Waals surface area contributed by atoms with E-state index in [1.54, 1.807) is 81.4 Å². The third-order valence-electron chi connectivity index (χ3n) is 24.7. The van der Waals surface area contributed by atoms with Crippen LogP contribution < -0.4 is 70.0 Å². The van der Waals surface area contributed by atoms with E-state index in [1.807, 2.05) is 26.0 Å². The molecule has 43 heteroatoms. The SMILES string of the molecule is CCCC[C@H]1C(=O)N(C)[C@@H](CCCC)C(=O)N[C@@H](CC(C)C)C(=O)N[C@H](C(=O)NCC(=O)NCCCN(CCO)CCO)CSCC(=O)N[C@@H](Cc2ccc(O)cc2)C(=O)N(C)[C@@H](C)C(=O)N[C@@H](CC(N)=O)C(=O)N2CCC[C@H]2C(=O)N[C@@H](CN)C(=O)N[C@@H](CC(C)C)C(=O)N2C[C@H](O)C[C@H]2C(=O)N[C@@H](Cc2c[nH]c3ccccc23)C(=O)NCC(=O)NC(Cc2c[nH]c3ccccc23)C(=O)N1C. The van der Waals surface area contributed by atoms with Gasteiger partial charge in [-0.05, 0) is 111 Å². The normalized spacial score (nSPS) is 24.2. The van der Waals surface area contributed by atoms with Crippen molar-refractivity contribution < 1.29 is 102 Å². The first kappa shape index (κ1) is 110. The Hall–Kier alpha value is -12.3. The molecule has 0 bridgehead atoms. The summed E-state index contributed by atoms with van der Waals surface area (Å²) in [6.45, 7) is 10.3. The standard InChI is InChI=1S/C94H139N21O21S/c1-11-13-25-74-87(129)104-66(39-54(3)4)85(127)109-73(84(126)100-49-79(121)97-32-20-33-113(35-37-116)36-38-117)52-137-53-81(123)103-69(41-57-28-30-60(118)31-29-57)90(132)110(8)56(7)82(124)106-71(45-78(96)120)92(134)114-34-19-27-75(114)88(130)108-72(46-95)86(128)107-68(40-55(5)6)93(135)115-51-61(119)44-77(115)89(131)105-67(42-58-47-98-64-23-17-15-21-62(58)64)83(125)101-50-80(122)102-70(43-59-48-99-65-24-18-16-22-63(59)65)91(133)112(10)76(26-14-12-2)94(136)111(74)9/h15-18,21-24,28-31,47-48,54-56,61,66-77,98-99,116-119H,11-14,19-20,25-27,32-46,49-53,95H2,1-10H3,(H2,96,120)(H,97,121)(H,100,126)(H,101,125)(H,102,122)(H,103,123)(H,104,129)(H,105,131)(H,106,124)(H,107,128)(H,108,130)(H,109,127)/t56-,61+,66-,67-,68-,69-,70?,71-,72-,73-,74-,75-,76-,77-/m0/s1. The second-order valence-electron chi connectivity index (χ2n) is 36.1. The lowest BCUT2D eigenvalue weighted by Crippen LogP contribution is -2.61. The summed E-state index contributed by atoms with van der Waals surface area (Å²) in [5.41, 5.74) is 14.8. The molecular weight excluding hydrogens is 1790 g/mol. The number of unbranched alkanes of at least 4 members (excludes halogenated alkanes) is 2. The number of aromatic hydroxyl groups is 1. The molecule has 3 fully saturated rings. The van der Waals surface area contributed by atoms with Crippen LogP contribution in [0.2, 0.25) is 0 Å². The molecule has 3 aliphatic rings. The molecule has 3 aromatic carbocycles. The van der Waals surface area contributed by atoms with Crippen LogP contribution >= 0.6 is 11.8 Å². The number of fused-ring (bicyclic) bond motifs is 4. The summed E-state index contributed by atoms with van der Waals surface area (Å²) in [5, 5.41) is 71.5. The van der Waals surface area contributed by atoms with Crippen molar-refractivity contribution >= 4 is 134 Å². The maximum Gasteiger partial charge on any atom is 0.246 e. The quantitative estimate of drug-likeness (QED) is 0.0217. The molecule has 8 rings (SSSR count). The zero-order valence-corrected chi connectivity index (χ0v) is 80.6. The molecule has 3 saturated heterocycles. The number of hydrogen-bond donors (Lipinski definition) is 19. The first-order valence-corrected chi connectivity index (χ1v) is 48.2. The van der Waals surface area contributed by atoms with Crippen molar-refractivity contribution in [3.05, 3.63) is 102 Å². The van der Waals surface area contributed by atoms with Crippen LogP contribution in [0.5, 0.6) is 5.75 Å². The monoisotopic (exact) mass is 1930 g/mol. The Morgan fingerprint density at radius 1 is 0.547 bits per heavy atom. The number of benzene rings is 3. The van der Waals surface area contributed by atoms with E-state index in [2.05, 4.69) is 68.5 Å². The number of H-pyrrole nitrogens is 2. The van der Waals surface area contributed by atoms with Gasteiger partial charge in [0.2, 0.25) is 100 Å². The zero-order valence-electron chi connectivity index (χ0n) is 79.8. The van der Waals surface area contributed by atoms with E-state index < -0.39 is 229 Å². The van der Waals surface area contributed by atoms with E-state index >= 15 is 28.8 Å². The van der Waals surface area contributed by atoms with Crippen LogP contribution in [0.3, 0.4) is 0 Å². The van der Waals surface area contributed by atoms with Crippen molar-refractivity contribution in [2.75, 3.05) is 105 Å². The van der Waals surface area contributed by atoms with Crippen molar-refractivity contribution in [3.63, 3.8) is 0 Å². The molecule has 2 aromatic heterocycles. The van der Waals surface area contributed by atoms with Crippen molar-refractivity contribution in [3.8, 4) is 5.75 Å². The summed E-state index contributed by atoms with van der Waals surface area (Å²) in [6.07, 6.45) is 2.54. The van der Waals surface area contributed by atoms with E-state index in [9.17, 15) is 73.2 Å². The average molecular weight is 1930 g/mol. The number of carbonyl (C=O) groups is 17. The minimum Gasteiger partial charge on any atom is -0.508 e. The third-order valence-corrected chi connectivity index (χ3v) is 25.8. The van der Waals surface area contributed by atoms with E-state index in [4.69, 9.17) is 11.5 Å². The van der Waals surface area contributed by atoms with Crippen molar-refractivity contribution in [1.29, 1.82) is 0 Å². The van der Waals surface area contributed by atoms with Gasteiger partial charge >= 0.3 is 0 Å². The molecule has 1 unspecified atom stereocenters. The zero-order chi connectivity index (χ0) is 100. The number of rotatable bonds is 30. The molecule has 21 N–H and O–H groups in total. The molecule has 3 aliphatic heterocycles. The number of amides is 17. The highest BCUT2D eigenvalue weighted by molar-refractivity contribution is 8.00. The molecule has 14 atom stereocenters. The van der Waals surface area contributed by atoms with Crippen LogP contribution in [0.4, 0.5) is 0 Å². The number of aliphatic hydroxyl groups is 3. The molecule has 0 radical (unpaired) electrons. The highest BCUT2D eigenvalue weighted by Crippen LogP contribution is 2.28. The predicted molar refractivity (Wildman–Crippen MR) is 510 cm³/mol. The first-order chi connectivity index (χ1) is 65.3. The largest absolute Gasteiger partial charge is 0.508 e. The van der Waals surface area contributed by atoms with Crippen molar-refractivity contribution in [2.24, 2.45) is 23.3 Å². The van der Waals surface area contributed by atoms with E-state index in [-0.39, 0.29) is 121 Å². The van der Waals surface area contributed by atoms with Gasteiger partial charge in [-0.3, -0.25) is 86.4 Å². The van der Waals surface area contributed by atoms with Gasteiger partial charge in [-0.15, -0.1) is 11.8 Å². The van der Waals surface area contributed by atoms with Gasteiger partial charge in [-0.1, -0.05) is 116 Å². The van der Waals surface area contributed by atoms with E-state index in [1.165, 1.54) is 62.1 Å². The second-order valence-corrected chi connectivity index (χ2v) is 37.2. The summed E-state index contributed by atoms with van der Waals surface area (Å²) in [5.74, 6) is -16.6. The smallest absolute Gasteiger partial charge is 0.246 e. The van der Waals surface area contributed by atoms with Crippen LogP contribution in [0.1, 0.15) is 149 Å². The molecule has 0 aliphatic carbocycles. The number of para-hydroxylation sites is 2. The fourth-order valence-electron chi connectivity index (χ4n) is 17.1. The number of nitrogens with one attached hydrogen (secondary N) is 13.